The second-order valence-corrected chi connectivity index (χ2v) is 7.56. The molecule has 0 heterocycles. The van der Waals surface area contributed by atoms with E-state index in [2.05, 4.69) is 11.9 Å². The second-order valence-electron chi connectivity index (χ2n) is 3.48. The number of nitrogens with zero attached hydrogens (tertiary/aromatic N) is 2. The molecule has 11 heteroatoms. The third-order valence-electron chi connectivity index (χ3n) is 1.75. The number of amides is 2. The van der Waals surface area contributed by atoms with Gasteiger partial charge >= 0.3 is 6.03 Å². The van der Waals surface area contributed by atoms with Crippen LogP contribution in [0.1, 0.15) is 0 Å². The lowest BCUT2D eigenvalue weighted by Gasteiger charge is -2.30. The fourth-order valence-corrected chi connectivity index (χ4v) is 3.64. The zero-order valence-corrected chi connectivity index (χ0v) is 12.9. The Morgan fingerprint density at radius 2 is 1.79 bits per heavy atom. The minimum absolute atomic E-state index is 0.0106. The van der Waals surface area contributed by atoms with Crippen LogP contribution in [0.25, 0.3) is 0 Å². The Hall–Kier alpha value is -0.840. The van der Waals surface area contributed by atoms with Crippen LogP contribution < -0.4 is 5.32 Å². The van der Waals surface area contributed by atoms with Crippen molar-refractivity contribution in [2.24, 2.45) is 0 Å². The van der Waals surface area contributed by atoms with Gasteiger partial charge in [-0.2, -0.15) is 0 Å². The first kappa shape index (κ1) is 18.2. The predicted octanol–water partition coefficient (Wildman–Crippen LogP) is -0.441. The molecule has 8 nitrogen and oxygen atoms in total. The lowest BCUT2D eigenvalue weighted by atomic mass is 10.6. The van der Waals surface area contributed by atoms with Crippen molar-refractivity contribution in [1.29, 1.82) is 0 Å². The molecule has 0 aliphatic heterocycles. The molecular weight excluding hydrogens is 318 g/mol. The Balaban J connectivity index is 5.57. The number of hydrogen-bond acceptors (Lipinski definition) is 5. The van der Waals surface area contributed by atoms with Crippen molar-refractivity contribution in [3.63, 3.8) is 0 Å². The predicted molar refractivity (Wildman–Crippen MR) is 72.5 cm³/mol. The topological polar surface area (TPSA) is 104 Å². The summed E-state index contributed by atoms with van der Waals surface area (Å²) in [6.45, 7) is 2.99. The standard InChI is InChI=1S/C8H16ClN3O5S2/c1-4-6-10-8(13)12(19(3,16)17)11(7-5-9)18(2,14)15/h4H,1,5-7H2,2-3H3,(H,10,13). The summed E-state index contributed by atoms with van der Waals surface area (Å²) in [5, 5.41) is 2.19. The van der Waals surface area contributed by atoms with Gasteiger partial charge in [0.05, 0.1) is 12.5 Å². The first-order chi connectivity index (χ1) is 8.55. The molecule has 1 N–H and O–H groups in total. The molecule has 0 fully saturated rings. The monoisotopic (exact) mass is 333 g/mol. The summed E-state index contributed by atoms with van der Waals surface area (Å²) in [4.78, 5) is 11.8. The lowest BCUT2D eigenvalue weighted by molar-refractivity contribution is 0.165. The number of nitrogens with one attached hydrogen (secondary N) is 1. The minimum Gasteiger partial charge on any atom is -0.333 e. The van der Waals surface area contributed by atoms with Crippen LogP contribution >= 0.6 is 11.6 Å². The molecule has 0 atom stereocenters. The number of rotatable bonds is 7. The van der Waals surface area contributed by atoms with E-state index in [0.717, 1.165) is 6.26 Å². The van der Waals surface area contributed by atoms with Gasteiger partial charge in [-0.3, -0.25) is 0 Å². The number of carbonyl (C=O) groups excluding carboxylic acids is 1. The Kier molecular flexibility index (Phi) is 6.77. The molecule has 0 aromatic heterocycles. The van der Waals surface area contributed by atoms with Gasteiger partial charge in [0.15, 0.2) is 0 Å². The molecule has 0 saturated heterocycles. The molecule has 0 unspecified atom stereocenters. The van der Waals surface area contributed by atoms with Crippen molar-refractivity contribution in [3.05, 3.63) is 12.7 Å². The zero-order valence-electron chi connectivity index (χ0n) is 10.5. The lowest BCUT2D eigenvalue weighted by Crippen LogP contribution is -2.55. The Bertz CT molecular complexity index is 531. The highest BCUT2D eigenvalue weighted by Gasteiger charge is 2.35. The zero-order chi connectivity index (χ0) is 15.3. The number of alkyl halides is 1. The van der Waals surface area contributed by atoms with E-state index in [1.807, 2.05) is 0 Å². The van der Waals surface area contributed by atoms with E-state index in [-0.39, 0.29) is 23.4 Å². The molecule has 112 valence electrons. The molecule has 0 saturated carbocycles. The fraction of sp³-hybridized carbons (Fsp3) is 0.625. The van der Waals surface area contributed by atoms with Crippen LogP contribution in [-0.4, -0.2) is 63.2 Å². The Labute approximate surface area is 118 Å². The highest BCUT2D eigenvalue weighted by Crippen LogP contribution is 2.10. The summed E-state index contributed by atoms with van der Waals surface area (Å²) < 4.78 is 46.8. The van der Waals surface area contributed by atoms with Crippen molar-refractivity contribution in [3.8, 4) is 0 Å². The molecule has 19 heavy (non-hydrogen) atoms. The van der Waals surface area contributed by atoms with Crippen LogP contribution in [0.2, 0.25) is 0 Å². The van der Waals surface area contributed by atoms with E-state index in [4.69, 9.17) is 11.6 Å². The van der Waals surface area contributed by atoms with Crippen molar-refractivity contribution in [1.82, 2.24) is 14.1 Å². The number of hydrazine groups is 1. The summed E-state index contributed by atoms with van der Waals surface area (Å²) >= 11 is 5.43. The van der Waals surface area contributed by atoms with Gasteiger partial charge in [0.25, 0.3) is 10.0 Å². The van der Waals surface area contributed by atoms with Gasteiger partial charge in [-0.15, -0.1) is 22.6 Å². The van der Waals surface area contributed by atoms with E-state index >= 15 is 0 Å². The van der Waals surface area contributed by atoms with E-state index < -0.39 is 26.1 Å². The highest BCUT2D eigenvalue weighted by molar-refractivity contribution is 7.91. The summed E-state index contributed by atoms with van der Waals surface area (Å²) in [6.07, 6.45) is 2.82. The molecule has 0 rings (SSSR count). The molecule has 0 spiro atoms. The molecule has 2 amide bonds. The largest absolute Gasteiger partial charge is 0.347 e. The molecule has 0 bridgehead atoms. The normalized spacial score (nSPS) is 12.2. The summed E-state index contributed by atoms with van der Waals surface area (Å²) in [5.41, 5.74) is 0. The molecule has 0 aliphatic carbocycles. The van der Waals surface area contributed by atoms with Crippen LogP contribution in [0, 0.1) is 0 Å². The molecular formula is C8H16ClN3O5S2. The molecule has 0 aromatic carbocycles. The summed E-state index contributed by atoms with van der Waals surface area (Å²) in [6, 6.07) is -1.10. The number of carbonyl (C=O) groups is 1. The average Bonchev–Trinajstić information content (AvgIpc) is 2.22. The maximum atomic E-state index is 11.8. The van der Waals surface area contributed by atoms with Crippen molar-refractivity contribution in [2.45, 2.75) is 0 Å². The summed E-state index contributed by atoms with van der Waals surface area (Å²) in [7, 11) is -8.09. The van der Waals surface area contributed by atoms with Crippen LogP contribution in [0.15, 0.2) is 12.7 Å². The van der Waals surface area contributed by atoms with Gasteiger partial charge in [-0.05, 0) is 0 Å². The molecule has 0 aromatic rings. The third-order valence-corrected chi connectivity index (χ3v) is 4.12. The Morgan fingerprint density at radius 3 is 2.11 bits per heavy atom. The van der Waals surface area contributed by atoms with E-state index in [0.29, 0.717) is 10.7 Å². The van der Waals surface area contributed by atoms with E-state index in [1.54, 1.807) is 0 Å². The van der Waals surface area contributed by atoms with Crippen LogP contribution in [-0.2, 0) is 20.0 Å². The minimum atomic E-state index is -4.12. The third kappa shape index (κ3) is 5.76. The number of sulfonamides is 2. The SMILES string of the molecule is C=CCNC(=O)N(N(CCCl)S(C)(=O)=O)S(C)(=O)=O. The van der Waals surface area contributed by atoms with Gasteiger partial charge in [-0.25, -0.2) is 21.6 Å². The average molecular weight is 334 g/mol. The van der Waals surface area contributed by atoms with Crippen LogP contribution in [0.5, 0.6) is 0 Å². The smallest absolute Gasteiger partial charge is 0.333 e. The quantitative estimate of drug-likeness (QED) is 0.386. The van der Waals surface area contributed by atoms with E-state index in [9.17, 15) is 21.6 Å². The van der Waals surface area contributed by atoms with Crippen molar-refractivity contribution < 1.29 is 21.6 Å². The van der Waals surface area contributed by atoms with Gasteiger partial charge in [0, 0.05) is 19.0 Å². The number of halogens is 1. The highest BCUT2D eigenvalue weighted by atomic mass is 35.5. The first-order valence-electron chi connectivity index (χ1n) is 4.98. The van der Waals surface area contributed by atoms with Gasteiger partial charge in [-0.1, -0.05) is 10.5 Å². The molecule has 0 radical (unpaired) electrons. The Morgan fingerprint density at radius 1 is 1.26 bits per heavy atom. The van der Waals surface area contributed by atoms with Gasteiger partial charge in [0.2, 0.25) is 10.0 Å². The summed E-state index contributed by atoms with van der Waals surface area (Å²) in [5.74, 6) is -0.173. The van der Waals surface area contributed by atoms with Crippen LogP contribution in [0.4, 0.5) is 4.79 Å². The molecule has 0 aliphatic rings. The maximum absolute atomic E-state index is 11.8. The number of urea groups is 1. The second kappa shape index (κ2) is 7.08. The number of hydrogen-bond donors (Lipinski definition) is 1. The van der Waals surface area contributed by atoms with Gasteiger partial charge < -0.3 is 5.32 Å². The van der Waals surface area contributed by atoms with Crippen LogP contribution in [0.3, 0.4) is 0 Å². The van der Waals surface area contributed by atoms with Crippen molar-refractivity contribution >= 4 is 37.7 Å². The van der Waals surface area contributed by atoms with E-state index in [1.165, 1.54) is 6.08 Å². The van der Waals surface area contributed by atoms with Crippen molar-refractivity contribution in [2.75, 3.05) is 31.5 Å². The maximum Gasteiger partial charge on any atom is 0.347 e. The van der Waals surface area contributed by atoms with Gasteiger partial charge in [0.1, 0.15) is 0 Å². The first-order valence-corrected chi connectivity index (χ1v) is 9.21. The fourth-order valence-electron chi connectivity index (χ4n) is 1.11.